The number of amides is 1. The summed E-state index contributed by atoms with van der Waals surface area (Å²) in [6, 6.07) is 2.68. The highest BCUT2D eigenvalue weighted by atomic mass is 35.5. The molecule has 2 rings (SSSR count). The molecule has 0 bridgehead atoms. The van der Waals surface area contributed by atoms with Crippen molar-refractivity contribution in [3.8, 4) is 0 Å². The number of hydrogen-bond donors (Lipinski definition) is 1. The van der Waals surface area contributed by atoms with E-state index in [2.05, 4.69) is 10.3 Å². The van der Waals surface area contributed by atoms with Gasteiger partial charge in [-0.3, -0.25) is 4.79 Å². The number of rotatable bonds is 2. The van der Waals surface area contributed by atoms with E-state index in [0.29, 0.717) is 17.2 Å². The molecule has 6 heteroatoms. The van der Waals surface area contributed by atoms with Gasteiger partial charge in [-0.25, -0.2) is 9.37 Å². The van der Waals surface area contributed by atoms with Crippen LogP contribution in [-0.4, -0.2) is 16.8 Å². The fraction of sp³-hybridized carbons (Fsp3) is 0.200. The van der Waals surface area contributed by atoms with Crippen LogP contribution in [0.4, 0.5) is 10.1 Å². The second kappa shape index (κ2) is 4.09. The van der Waals surface area contributed by atoms with Crippen LogP contribution in [0.25, 0.3) is 11.1 Å². The molecular weight excluding hydrogens is 235 g/mol. The number of hydrogen-bond acceptors (Lipinski definition) is 3. The number of benzene rings is 1. The van der Waals surface area contributed by atoms with Crippen molar-refractivity contribution >= 4 is 34.3 Å². The number of nitrogens with one attached hydrogen (secondary N) is 1. The Balaban J connectivity index is 2.45. The lowest BCUT2D eigenvalue weighted by Crippen LogP contribution is -2.12. The molecule has 4 nitrogen and oxygen atoms in total. The van der Waals surface area contributed by atoms with Gasteiger partial charge in [0, 0.05) is 18.7 Å². The third-order valence-electron chi connectivity index (χ3n) is 1.96. The zero-order chi connectivity index (χ0) is 11.7. The summed E-state index contributed by atoms with van der Waals surface area (Å²) in [6.07, 6.45) is 0. The van der Waals surface area contributed by atoms with E-state index in [1.165, 1.54) is 12.1 Å². The fourth-order valence-electron chi connectivity index (χ4n) is 1.37. The van der Waals surface area contributed by atoms with E-state index in [9.17, 15) is 9.18 Å². The average molecular weight is 243 g/mol. The molecule has 0 radical (unpaired) electrons. The number of anilines is 1. The van der Waals surface area contributed by atoms with E-state index in [4.69, 9.17) is 16.0 Å². The summed E-state index contributed by atoms with van der Waals surface area (Å²) in [7, 11) is 0. The molecule has 0 saturated carbocycles. The van der Waals surface area contributed by atoms with Crippen molar-refractivity contribution in [2.75, 3.05) is 11.2 Å². The zero-order valence-electron chi connectivity index (χ0n) is 8.38. The van der Waals surface area contributed by atoms with Gasteiger partial charge < -0.3 is 9.73 Å². The van der Waals surface area contributed by atoms with Crippen molar-refractivity contribution in [1.82, 2.24) is 4.98 Å². The quantitative estimate of drug-likeness (QED) is 0.823. The number of aryl methyl sites for hydroxylation is 1. The van der Waals surface area contributed by atoms with E-state index in [-0.39, 0.29) is 11.4 Å². The van der Waals surface area contributed by atoms with Crippen LogP contribution < -0.4 is 5.32 Å². The van der Waals surface area contributed by atoms with Crippen molar-refractivity contribution < 1.29 is 13.6 Å². The van der Waals surface area contributed by atoms with E-state index >= 15 is 0 Å². The van der Waals surface area contributed by atoms with E-state index in [1.807, 2.05) is 0 Å². The SMILES string of the molecule is Cc1nc2c(F)cc(NC(=O)CCl)cc2o1. The molecule has 0 aliphatic carbocycles. The van der Waals surface area contributed by atoms with Gasteiger partial charge in [0.05, 0.1) is 0 Å². The molecular formula is C10H8ClFN2O2. The minimum atomic E-state index is -0.542. The Hall–Kier alpha value is -1.62. The number of fused-ring (bicyclic) bond motifs is 1. The van der Waals surface area contributed by atoms with E-state index in [0.717, 1.165) is 0 Å². The molecule has 16 heavy (non-hydrogen) atoms. The van der Waals surface area contributed by atoms with Crippen LogP contribution in [0.1, 0.15) is 5.89 Å². The van der Waals surface area contributed by atoms with Crippen LogP contribution in [0.3, 0.4) is 0 Å². The highest BCUT2D eigenvalue weighted by molar-refractivity contribution is 6.29. The van der Waals surface area contributed by atoms with Crippen molar-refractivity contribution in [1.29, 1.82) is 0 Å². The molecule has 1 heterocycles. The number of oxazole rings is 1. The minimum Gasteiger partial charge on any atom is -0.441 e. The molecule has 2 aromatic rings. The van der Waals surface area contributed by atoms with E-state index < -0.39 is 11.7 Å². The smallest absolute Gasteiger partial charge is 0.239 e. The predicted octanol–water partition coefficient (Wildman–Crippen LogP) is 2.45. The molecule has 0 aliphatic rings. The molecule has 0 spiro atoms. The third kappa shape index (κ3) is 1.99. The van der Waals surface area contributed by atoms with Crippen molar-refractivity contribution in [2.24, 2.45) is 0 Å². The van der Waals surface area contributed by atoms with Gasteiger partial charge >= 0.3 is 0 Å². The maximum absolute atomic E-state index is 13.5. The van der Waals surface area contributed by atoms with E-state index in [1.54, 1.807) is 6.92 Å². The van der Waals surface area contributed by atoms with Gasteiger partial charge in [0.1, 0.15) is 11.4 Å². The lowest BCUT2D eigenvalue weighted by molar-refractivity contribution is -0.113. The average Bonchev–Trinajstić information content (AvgIpc) is 2.59. The standard InChI is InChI=1S/C10H8ClFN2O2/c1-5-13-10-7(12)2-6(3-8(10)16-5)14-9(15)4-11/h2-3H,4H2,1H3,(H,14,15). The molecule has 0 unspecified atom stereocenters. The zero-order valence-corrected chi connectivity index (χ0v) is 9.14. The van der Waals surface area contributed by atoms with Gasteiger partial charge in [-0.2, -0.15) is 0 Å². The summed E-state index contributed by atoms with van der Waals surface area (Å²) < 4.78 is 18.7. The first kappa shape index (κ1) is 10.9. The molecule has 0 aliphatic heterocycles. The van der Waals surface area contributed by atoms with Gasteiger partial charge in [-0.15, -0.1) is 11.6 Å². The first-order valence-electron chi connectivity index (χ1n) is 4.52. The number of alkyl halides is 1. The Kier molecular flexibility index (Phi) is 2.78. The summed E-state index contributed by atoms with van der Waals surface area (Å²) in [5.41, 5.74) is 0.746. The normalized spacial score (nSPS) is 10.7. The predicted molar refractivity (Wildman–Crippen MR) is 58.1 cm³/mol. The fourth-order valence-corrected chi connectivity index (χ4v) is 1.43. The second-order valence-corrected chi connectivity index (χ2v) is 3.49. The van der Waals surface area contributed by atoms with Gasteiger partial charge in [-0.05, 0) is 6.07 Å². The third-order valence-corrected chi connectivity index (χ3v) is 2.20. The van der Waals surface area contributed by atoms with Crippen LogP contribution in [0, 0.1) is 12.7 Å². The minimum absolute atomic E-state index is 0.154. The lowest BCUT2D eigenvalue weighted by Gasteiger charge is -2.02. The molecule has 84 valence electrons. The molecule has 0 saturated heterocycles. The number of carbonyl (C=O) groups is 1. The molecule has 1 N–H and O–H groups in total. The molecule has 0 fully saturated rings. The van der Waals surface area contributed by atoms with Gasteiger partial charge in [0.2, 0.25) is 5.91 Å². The monoisotopic (exact) mass is 242 g/mol. The lowest BCUT2D eigenvalue weighted by atomic mass is 10.2. The highest BCUT2D eigenvalue weighted by Crippen LogP contribution is 2.23. The Morgan fingerprint density at radius 2 is 2.38 bits per heavy atom. The number of halogens is 2. The van der Waals surface area contributed by atoms with Crippen LogP contribution in [0.15, 0.2) is 16.5 Å². The van der Waals surface area contributed by atoms with Crippen molar-refractivity contribution in [3.63, 3.8) is 0 Å². The summed E-state index contributed by atoms with van der Waals surface area (Å²) in [6.45, 7) is 1.62. The number of nitrogens with zero attached hydrogens (tertiary/aromatic N) is 1. The molecule has 1 amide bonds. The molecule has 0 atom stereocenters. The maximum Gasteiger partial charge on any atom is 0.239 e. The first-order chi connectivity index (χ1) is 7.60. The first-order valence-corrected chi connectivity index (χ1v) is 5.06. The summed E-state index contributed by atoms with van der Waals surface area (Å²) in [5.74, 6) is -0.764. The number of carbonyl (C=O) groups excluding carboxylic acids is 1. The van der Waals surface area contributed by atoms with Crippen molar-refractivity contribution in [2.45, 2.75) is 6.92 Å². The van der Waals surface area contributed by atoms with Crippen LogP contribution in [0.5, 0.6) is 0 Å². The Morgan fingerprint density at radius 1 is 1.62 bits per heavy atom. The Labute approximate surface area is 95.4 Å². The Bertz CT molecular complexity index is 553. The maximum atomic E-state index is 13.5. The van der Waals surface area contributed by atoms with Gasteiger partial charge in [0.25, 0.3) is 0 Å². The van der Waals surface area contributed by atoms with Crippen LogP contribution in [-0.2, 0) is 4.79 Å². The molecule has 1 aromatic heterocycles. The summed E-state index contributed by atoms with van der Waals surface area (Å²) in [5, 5.41) is 2.44. The van der Waals surface area contributed by atoms with Crippen molar-refractivity contribution in [3.05, 3.63) is 23.8 Å². The van der Waals surface area contributed by atoms with Gasteiger partial charge in [-0.1, -0.05) is 0 Å². The second-order valence-electron chi connectivity index (χ2n) is 3.22. The highest BCUT2D eigenvalue weighted by Gasteiger charge is 2.11. The van der Waals surface area contributed by atoms with Crippen LogP contribution >= 0.6 is 11.6 Å². The largest absolute Gasteiger partial charge is 0.441 e. The topological polar surface area (TPSA) is 55.1 Å². The summed E-state index contributed by atoms with van der Waals surface area (Å²) >= 11 is 5.32. The summed E-state index contributed by atoms with van der Waals surface area (Å²) in [4.78, 5) is 14.9. The van der Waals surface area contributed by atoms with Gasteiger partial charge in [0.15, 0.2) is 17.3 Å². The van der Waals surface area contributed by atoms with Crippen LogP contribution in [0.2, 0.25) is 0 Å². The Morgan fingerprint density at radius 3 is 3.06 bits per heavy atom. The number of aromatic nitrogens is 1. The molecule has 1 aromatic carbocycles.